The first-order valence-electron chi connectivity index (χ1n) is 10.9. The van der Waals surface area contributed by atoms with Gasteiger partial charge >= 0.3 is 0 Å². The first-order chi connectivity index (χ1) is 15.6. The molecule has 0 bridgehead atoms. The van der Waals surface area contributed by atoms with E-state index in [1.165, 1.54) is 25.5 Å². The van der Waals surface area contributed by atoms with Gasteiger partial charge in [-0.2, -0.15) is 0 Å². The van der Waals surface area contributed by atoms with Gasteiger partial charge in [-0.05, 0) is 44.0 Å². The van der Waals surface area contributed by atoms with Crippen molar-refractivity contribution in [3.63, 3.8) is 0 Å². The summed E-state index contributed by atoms with van der Waals surface area (Å²) in [6.07, 6.45) is 6.19. The third kappa shape index (κ3) is 6.64. The molecule has 1 saturated carbocycles. The molecule has 0 spiro atoms. The van der Waals surface area contributed by atoms with Crippen LogP contribution < -0.4 is 14.9 Å². The van der Waals surface area contributed by atoms with Crippen LogP contribution in [0.15, 0.2) is 48.5 Å². The van der Waals surface area contributed by atoms with Crippen LogP contribution in [0.3, 0.4) is 0 Å². The number of nitrogens with zero attached hydrogens (tertiary/aromatic N) is 1. The summed E-state index contributed by atoms with van der Waals surface area (Å²) in [5.41, 5.74) is 1.18. The van der Waals surface area contributed by atoms with Gasteiger partial charge in [0.15, 0.2) is 5.78 Å². The van der Waals surface area contributed by atoms with Crippen molar-refractivity contribution in [1.82, 2.24) is 5.32 Å². The molecule has 3 rings (SSSR count). The molecule has 1 aliphatic carbocycles. The molecule has 0 atom stereocenters. The van der Waals surface area contributed by atoms with Gasteiger partial charge in [0.2, 0.25) is 15.9 Å². The lowest BCUT2D eigenvalue weighted by Crippen LogP contribution is -2.38. The Morgan fingerprint density at radius 2 is 1.70 bits per heavy atom. The van der Waals surface area contributed by atoms with Gasteiger partial charge in [0.05, 0.1) is 23.2 Å². The molecule has 0 aliphatic heterocycles. The highest BCUT2D eigenvalue weighted by Crippen LogP contribution is 2.22. The summed E-state index contributed by atoms with van der Waals surface area (Å²) in [6, 6.07) is 12.8. The maximum Gasteiger partial charge on any atom is 0.253 e. The number of hydrogen-bond donors (Lipinski definition) is 2. The van der Waals surface area contributed by atoms with Gasteiger partial charge in [0.1, 0.15) is 6.54 Å². The number of para-hydroxylation sites is 1. The maximum absolute atomic E-state index is 12.8. The van der Waals surface area contributed by atoms with E-state index in [-0.39, 0.29) is 23.4 Å². The Kier molecular flexibility index (Phi) is 7.86. The Labute approximate surface area is 194 Å². The number of carbonyl (C=O) groups is 3. The second-order valence-electron chi connectivity index (χ2n) is 8.28. The van der Waals surface area contributed by atoms with Crippen LogP contribution in [0.25, 0.3) is 0 Å². The minimum absolute atomic E-state index is 0.115. The predicted molar refractivity (Wildman–Crippen MR) is 128 cm³/mol. The van der Waals surface area contributed by atoms with Gasteiger partial charge in [-0.1, -0.05) is 43.5 Å². The zero-order valence-corrected chi connectivity index (χ0v) is 19.7. The summed E-state index contributed by atoms with van der Waals surface area (Å²) in [5, 5.41) is 5.69. The molecule has 0 saturated heterocycles. The summed E-state index contributed by atoms with van der Waals surface area (Å²) in [7, 11) is -3.81. The number of ketones is 1. The monoisotopic (exact) mass is 471 g/mol. The number of hydrogen-bond acceptors (Lipinski definition) is 5. The predicted octanol–water partition coefficient (Wildman–Crippen LogP) is 3.36. The van der Waals surface area contributed by atoms with E-state index in [2.05, 4.69) is 10.6 Å². The molecule has 1 aliphatic rings. The number of amides is 2. The van der Waals surface area contributed by atoms with Crippen molar-refractivity contribution in [1.29, 1.82) is 0 Å². The fourth-order valence-electron chi connectivity index (χ4n) is 3.90. The van der Waals surface area contributed by atoms with Crippen molar-refractivity contribution in [2.24, 2.45) is 0 Å². The van der Waals surface area contributed by atoms with Crippen LogP contribution >= 0.6 is 0 Å². The molecule has 0 aromatic heterocycles. The normalized spacial score (nSPS) is 14.4. The molecule has 33 heavy (non-hydrogen) atoms. The highest BCUT2D eigenvalue weighted by Gasteiger charge is 2.23. The van der Waals surface area contributed by atoms with Crippen molar-refractivity contribution in [3.05, 3.63) is 59.7 Å². The number of benzene rings is 2. The van der Waals surface area contributed by atoms with Crippen LogP contribution in [0.1, 0.15) is 59.7 Å². The van der Waals surface area contributed by atoms with Crippen molar-refractivity contribution in [2.45, 2.75) is 45.1 Å². The quantitative estimate of drug-likeness (QED) is 0.573. The van der Waals surface area contributed by atoms with E-state index in [4.69, 9.17) is 0 Å². The smallest absolute Gasteiger partial charge is 0.253 e. The van der Waals surface area contributed by atoms with Crippen molar-refractivity contribution < 1.29 is 22.8 Å². The van der Waals surface area contributed by atoms with Crippen molar-refractivity contribution in [2.75, 3.05) is 22.4 Å². The zero-order chi connectivity index (χ0) is 24.0. The average Bonchev–Trinajstić information content (AvgIpc) is 2.78. The fourth-order valence-corrected chi connectivity index (χ4v) is 4.75. The lowest BCUT2D eigenvalue weighted by atomic mass is 9.95. The van der Waals surface area contributed by atoms with Crippen molar-refractivity contribution >= 4 is 39.0 Å². The van der Waals surface area contributed by atoms with Gasteiger partial charge in [-0.3, -0.25) is 18.7 Å². The summed E-state index contributed by atoms with van der Waals surface area (Å²) < 4.78 is 25.7. The molecule has 8 nitrogen and oxygen atoms in total. The fraction of sp³-hybridized carbons (Fsp3) is 0.375. The number of rotatable bonds is 8. The van der Waals surface area contributed by atoms with Gasteiger partial charge < -0.3 is 10.6 Å². The molecule has 2 amide bonds. The van der Waals surface area contributed by atoms with E-state index in [0.29, 0.717) is 16.8 Å². The van der Waals surface area contributed by atoms with Crippen LogP contribution in [-0.2, 0) is 14.8 Å². The molecule has 0 heterocycles. The highest BCUT2D eigenvalue weighted by molar-refractivity contribution is 7.92. The number of nitrogens with one attached hydrogen (secondary N) is 2. The molecular formula is C24H29N3O5S. The van der Waals surface area contributed by atoms with E-state index in [9.17, 15) is 22.8 Å². The molecule has 2 aromatic carbocycles. The molecular weight excluding hydrogens is 442 g/mol. The zero-order valence-electron chi connectivity index (χ0n) is 18.8. The Balaban J connectivity index is 1.77. The van der Waals surface area contributed by atoms with Crippen LogP contribution in [0.4, 0.5) is 11.4 Å². The molecule has 176 valence electrons. The molecule has 1 fully saturated rings. The van der Waals surface area contributed by atoms with Crippen LogP contribution in [0.2, 0.25) is 0 Å². The van der Waals surface area contributed by atoms with Gasteiger partial charge in [-0.15, -0.1) is 0 Å². The number of sulfonamides is 1. The Hall–Kier alpha value is -3.20. The van der Waals surface area contributed by atoms with E-state index >= 15 is 0 Å². The van der Waals surface area contributed by atoms with Gasteiger partial charge in [0, 0.05) is 11.6 Å². The first-order valence-corrected chi connectivity index (χ1v) is 12.8. The molecule has 2 N–H and O–H groups in total. The van der Waals surface area contributed by atoms with Crippen LogP contribution in [-0.4, -0.2) is 44.9 Å². The third-order valence-electron chi connectivity index (χ3n) is 5.61. The minimum atomic E-state index is -3.81. The van der Waals surface area contributed by atoms with E-state index < -0.39 is 22.5 Å². The van der Waals surface area contributed by atoms with Gasteiger partial charge in [-0.25, -0.2) is 8.42 Å². The molecule has 9 heteroatoms. The van der Waals surface area contributed by atoms with Crippen molar-refractivity contribution in [3.8, 4) is 0 Å². The number of carbonyl (C=O) groups excluding carboxylic acids is 3. The Morgan fingerprint density at radius 1 is 1.00 bits per heavy atom. The maximum atomic E-state index is 12.8. The average molecular weight is 472 g/mol. The summed E-state index contributed by atoms with van der Waals surface area (Å²) in [4.78, 5) is 37.3. The number of Topliss-reactive ketones (excluding diaryl/α,β-unsaturated/α-hetero) is 1. The standard InChI is InChI=1S/C24H29N3O5S/c1-17(28)18-9-8-12-20(15-18)27(33(2,31)32)16-23(29)26-22-14-7-6-13-21(22)24(30)25-19-10-4-3-5-11-19/h6-9,12-15,19H,3-5,10-11,16H2,1-2H3,(H,25,30)(H,26,29). The van der Waals surface area contributed by atoms with Crippen LogP contribution in [0, 0.1) is 0 Å². The Morgan fingerprint density at radius 3 is 2.36 bits per heavy atom. The summed E-state index contributed by atoms with van der Waals surface area (Å²) >= 11 is 0. The Bertz CT molecular complexity index is 1140. The number of anilines is 2. The van der Waals surface area contributed by atoms with E-state index in [1.807, 2.05) is 0 Å². The third-order valence-corrected chi connectivity index (χ3v) is 6.75. The van der Waals surface area contributed by atoms with E-state index in [1.54, 1.807) is 36.4 Å². The SMILES string of the molecule is CC(=O)c1cccc(N(CC(=O)Nc2ccccc2C(=O)NC2CCCCC2)S(C)(=O)=O)c1. The molecule has 0 radical (unpaired) electrons. The largest absolute Gasteiger partial charge is 0.349 e. The minimum Gasteiger partial charge on any atom is -0.349 e. The molecule has 2 aromatic rings. The lowest BCUT2D eigenvalue weighted by molar-refractivity contribution is -0.114. The lowest BCUT2D eigenvalue weighted by Gasteiger charge is -2.24. The highest BCUT2D eigenvalue weighted by atomic mass is 32.2. The summed E-state index contributed by atoms with van der Waals surface area (Å²) in [6.45, 7) is 0.880. The second-order valence-corrected chi connectivity index (χ2v) is 10.2. The first kappa shape index (κ1) is 24.4. The summed E-state index contributed by atoms with van der Waals surface area (Å²) in [5.74, 6) is -1.09. The second kappa shape index (κ2) is 10.6. The van der Waals surface area contributed by atoms with E-state index in [0.717, 1.165) is 36.2 Å². The van der Waals surface area contributed by atoms with Crippen LogP contribution in [0.5, 0.6) is 0 Å². The molecule has 0 unspecified atom stereocenters. The van der Waals surface area contributed by atoms with Gasteiger partial charge in [0.25, 0.3) is 5.91 Å². The topological polar surface area (TPSA) is 113 Å².